The predicted molar refractivity (Wildman–Crippen MR) is 65.2 cm³/mol. The van der Waals surface area contributed by atoms with E-state index in [4.69, 9.17) is 0 Å². The Hall–Kier alpha value is -1.32. The number of carbonyl (C=O) groups excluding carboxylic acids is 2. The second kappa shape index (κ2) is 5.34. The fourth-order valence-electron chi connectivity index (χ4n) is 2.27. The number of nitrogens with zero attached hydrogens (tertiary/aromatic N) is 1. The van der Waals surface area contributed by atoms with Crippen molar-refractivity contribution in [2.75, 3.05) is 19.6 Å². The minimum Gasteiger partial charge on any atom is -0.352 e. The molecule has 2 fully saturated rings. The Bertz CT molecular complexity index is 315. The molecular formula is C13H20N2O2. The third kappa shape index (κ3) is 3.08. The highest BCUT2D eigenvalue weighted by Crippen LogP contribution is 2.32. The summed E-state index contributed by atoms with van der Waals surface area (Å²) in [4.78, 5) is 25.5. The highest BCUT2D eigenvalue weighted by atomic mass is 16.2. The Labute approximate surface area is 102 Å². The SMILES string of the molecule is C=CCNC(=O)C1CCN(C(=O)C2CC2)CC1. The quantitative estimate of drug-likeness (QED) is 0.738. The molecule has 0 atom stereocenters. The Kier molecular flexibility index (Phi) is 3.82. The van der Waals surface area contributed by atoms with Gasteiger partial charge in [0.15, 0.2) is 0 Å². The maximum Gasteiger partial charge on any atom is 0.225 e. The molecule has 1 heterocycles. The van der Waals surface area contributed by atoms with E-state index in [1.807, 2.05) is 4.90 Å². The van der Waals surface area contributed by atoms with Crippen LogP contribution >= 0.6 is 0 Å². The standard InChI is InChI=1S/C13H20N2O2/c1-2-7-14-12(16)10-5-8-15(9-6-10)13(17)11-3-4-11/h2,10-11H,1,3-9H2,(H,14,16). The smallest absolute Gasteiger partial charge is 0.225 e. The normalized spacial score (nSPS) is 21.1. The molecule has 0 unspecified atom stereocenters. The summed E-state index contributed by atoms with van der Waals surface area (Å²) < 4.78 is 0. The number of amides is 2. The second-order valence-electron chi connectivity index (χ2n) is 4.91. The first-order valence-corrected chi connectivity index (χ1v) is 6.39. The van der Waals surface area contributed by atoms with Gasteiger partial charge in [0, 0.05) is 31.5 Å². The fraction of sp³-hybridized carbons (Fsp3) is 0.692. The van der Waals surface area contributed by atoms with Crippen molar-refractivity contribution in [3.8, 4) is 0 Å². The fourth-order valence-corrected chi connectivity index (χ4v) is 2.27. The van der Waals surface area contributed by atoms with E-state index in [9.17, 15) is 9.59 Å². The number of carbonyl (C=O) groups is 2. The van der Waals surface area contributed by atoms with Crippen molar-refractivity contribution in [1.82, 2.24) is 10.2 Å². The van der Waals surface area contributed by atoms with Crippen LogP contribution in [0.3, 0.4) is 0 Å². The van der Waals surface area contributed by atoms with Gasteiger partial charge in [-0.05, 0) is 25.7 Å². The molecule has 1 aliphatic heterocycles. The van der Waals surface area contributed by atoms with Crippen LogP contribution in [0.15, 0.2) is 12.7 Å². The van der Waals surface area contributed by atoms with Crippen molar-refractivity contribution in [3.05, 3.63) is 12.7 Å². The van der Waals surface area contributed by atoms with Crippen molar-refractivity contribution in [1.29, 1.82) is 0 Å². The van der Waals surface area contributed by atoms with Crippen molar-refractivity contribution in [3.63, 3.8) is 0 Å². The lowest BCUT2D eigenvalue weighted by Crippen LogP contribution is -2.43. The lowest BCUT2D eigenvalue weighted by atomic mass is 9.95. The lowest BCUT2D eigenvalue weighted by molar-refractivity contribution is -0.136. The van der Waals surface area contributed by atoms with Crippen molar-refractivity contribution in [2.24, 2.45) is 11.8 Å². The molecule has 2 amide bonds. The molecule has 0 aromatic heterocycles. The van der Waals surface area contributed by atoms with Gasteiger partial charge in [-0.3, -0.25) is 9.59 Å². The third-order valence-electron chi connectivity index (χ3n) is 3.52. The van der Waals surface area contributed by atoms with Gasteiger partial charge in [0.2, 0.25) is 11.8 Å². The van der Waals surface area contributed by atoms with Crippen LogP contribution in [0.1, 0.15) is 25.7 Å². The number of piperidine rings is 1. The molecule has 2 aliphatic rings. The summed E-state index contributed by atoms with van der Waals surface area (Å²) >= 11 is 0. The molecule has 0 spiro atoms. The number of likely N-dealkylation sites (tertiary alicyclic amines) is 1. The zero-order valence-electron chi connectivity index (χ0n) is 10.2. The molecule has 17 heavy (non-hydrogen) atoms. The Morgan fingerprint density at radius 1 is 1.18 bits per heavy atom. The average molecular weight is 236 g/mol. The largest absolute Gasteiger partial charge is 0.352 e. The summed E-state index contributed by atoms with van der Waals surface area (Å²) in [6, 6.07) is 0. The molecule has 1 saturated heterocycles. The van der Waals surface area contributed by atoms with Crippen LogP contribution in [0.4, 0.5) is 0 Å². The molecule has 94 valence electrons. The number of nitrogens with one attached hydrogen (secondary N) is 1. The predicted octanol–water partition coefficient (Wildman–Crippen LogP) is 0.937. The molecule has 1 N–H and O–H groups in total. The molecule has 4 nitrogen and oxygen atoms in total. The van der Waals surface area contributed by atoms with Crippen LogP contribution in [0, 0.1) is 11.8 Å². The molecule has 4 heteroatoms. The molecule has 0 aromatic carbocycles. The molecule has 0 aromatic rings. The van der Waals surface area contributed by atoms with Crippen molar-refractivity contribution in [2.45, 2.75) is 25.7 Å². The van der Waals surface area contributed by atoms with E-state index in [-0.39, 0.29) is 11.8 Å². The van der Waals surface area contributed by atoms with Crippen LogP contribution < -0.4 is 5.32 Å². The first kappa shape index (κ1) is 12.1. The summed E-state index contributed by atoms with van der Waals surface area (Å²) in [6.45, 7) is 5.57. The van der Waals surface area contributed by atoms with Gasteiger partial charge in [-0.2, -0.15) is 0 Å². The molecule has 2 rings (SSSR count). The van der Waals surface area contributed by atoms with Crippen molar-refractivity contribution >= 4 is 11.8 Å². The van der Waals surface area contributed by atoms with Gasteiger partial charge in [0.1, 0.15) is 0 Å². The van der Waals surface area contributed by atoms with E-state index in [2.05, 4.69) is 11.9 Å². The highest BCUT2D eigenvalue weighted by molar-refractivity contribution is 5.82. The van der Waals surface area contributed by atoms with E-state index in [0.717, 1.165) is 38.8 Å². The monoisotopic (exact) mass is 236 g/mol. The van der Waals surface area contributed by atoms with Crippen LogP contribution in [-0.4, -0.2) is 36.3 Å². The number of rotatable bonds is 4. The molecule has 1 saturated carbocycles. The van der Waals surface area contributed by atoms with E-state index in [1.54, 1.807) is 6.08 Å². The van der Waals surface area contributed by atoms with E-state index >= 15 is 0 Å². The summed E-state index contributed by atoms with van der Waals surface area (Å²) in [5, 5.41) is 2.82. The van der Waals surface area contributed by atoms with Crippen LogP contribution in [-0.2, 0) is 9.59 Å². The summed E-state index contributed by atoms with van der Waals surface area (Å²) in [6.07, 6.45) is 5.38. The topological polar surface area (TPSA) is 49.4 Å². The Morgan fingerprint density at radius 3 is 2.35 bits per heavy atom. The minimum absolute atomic E-state index is 0.0678. The zero-order chi connectivity index (χ0) is 12.3. The van der Waals surface area contributed by atoms with E-state index in [0.29, 0.717) is 18.4 Å². The van der Waals surface area contributed by atoms with Gasteiger partial charge < -0.3 is 10.2 Å². The maximum atomic E-state index is 11.8. The van der Waals surface area contributed by atoms with Crippen LogP contribution in [0.25, 0.3) is 0 Å². The molecule has 0 radical (unpaired) electrons. The van der Waals surface area contributed by atoms with E-state index < -0.39 is 0 Å². The maximum absolute atomic E-state index is 11.8. The average Bonchev–Trinajstić information content (AvgIpc) is 3.19. The Morgan fingerprint density at radius 2 is 1.82 bits per heavy atom. The summed E-state index contributed by atoms with van der Waals surface area (Å²) in [5.74, 6) is 0.762. The summed E-state index contributed by atoms with van der Waals surface area (Å²) in [7, 11) is 0. The Balaban J connectivity index is 1.75. The molecule has 1 aliphatic carbocycles. The molecule has 0 bridgehead atoms. The van der Waals surface area contributed by atoms with Gasteiger partial charge in [0.25, 0.3) is 0 Å². The van der Waals surface area contributed by atoms with Gasteiger partial charge in [-0.1, -0.05) is 6.08 Å². The van der Waals surface area contributed by atoms with Gasteiger partial charge in [0.05, 0.1) is 0 Å². The zero-order valence-corrected chi connectivity index (χ0v) is 10.2. The van der Waals surface area contributed by atoms with Crippen LogP contribution in [0.5, 0.6) is 0 Å². The highest BCUT2D eigenvalue weighted by Gasteiger charge is 2.35. The van der Waals surface area contributed by atoms with Gasteiger partial charge in [-0.25, -0.2) is 0 Å². The third-order valence-corrected chi connectivity index (χ3v) is 3.52. The number of hydrogen-bond acceptors (Lipinski definition) is 2. The molecular weight excluding hydrogens is 216 g/mol. The van der Waals surface area contributed by atoms with Crippen molar-refractivity contribution < 1.29 is 9.59 Å². The summed E-state index contributed by atoms with van der Waals surface area (Å²) in [5.41, 5.74) is 0. The lowest BCUT2D eigenvalue weighted by Gasteiger charge is -2.31. The first-order chi connectivity index (χ1) is 8.22. The first-order valence-electron chi connectivity index (χ1n) is 6.39. The van der Waals surface area contributed by atoms with Gasteiger partial charge in [-0.15, -0.1) is 6.58 Å². The van der Waals surface area contributed by atoms with Crippen LogP contribution in [0.2, 0.25) is 0 Å². The van der Waals surface area contributed by atoms with E-state index in [1.165, 1.54) is 0 Å². The second-order valence-corrected chi connectivity index (χ2v) is 4.91. The minimum atomic E-state index is 0.0678. The van der Waals surface area contributed by atoms with Gasteiger partial charge >= 0.3 is 0 Å². The number of hydrogen-bond donors (Lipinski definition) is 1.